The molecule has 0 saturated heterocycles. The van der Waals surface area contributed by atoms with Gasteiger partial charge in [0.25, 0.3) is 0 Å². The van der Waals surface area contributed by atoms with Crippen LogP contribution in [0.4, 0.5) is 5.69 Å². The van der Waals surface area contributed by atoms with E-state index in [0.29, 0.717) is 27.7 Å². The maximum Gasteiger partial charge on any atom is 0.244 e. The molecule has 3 N–H and O–H groups in total. The highest BCUT2D eigenvalue weighted by Gasteiger charge is 2.19. The van der Waals surface area contributed by atoms with Crippen molar-refractivity contribution in [2.24, 2.45) is 0 Å². The summed E-state index contributed by atoms with van der Waals surface area (Å²) in [4.78, 5) is 12.9. The molecule has 1 unspecified atom stereocenters. The van der Waals surface area contributed by atoms with Crippen molar-refractivity contribution in [1.82, 2.24) is 35.7 Å². The summed E-state index contributed by atoms with van der Waals surface area (Å²) in [6.07, 6.45) is 4.57. The molecule has 5 rings (SSSR count). The van der Waals surface area contributed by atoms with Crippen LogP contribution in [0.5, 0.6) is 0 Å². The molecule has 3 aromatic carbocycles. The Morgan fingerprint density at radius 3 is 2.54 bits per heavy atom. The zero-order valence-electron chi connectivity index (χ0n) is 20.4. The van der Waals surface area contributed by atoms with E-state index in [1.165, 1.54) is 17.1 Å². The Kier molecular flexibility index (Phi) is 7.91. The highest BCUT2D eigenvalue weighted by molar-refractivity contribution is 6.32. The lowest BCUT2D eigenvalue weighted by molar-refractivity contribution is -0.116. The van der Waals surface area contributed by atoms with Crippen LogP contribution in [-0.2, 0) is 4.79 Å². The lowest BCUT2D eigenvalue weighted by Crippen LogP contribution is -2.28. The Morgan fingerprint density at radius 2 is 1.79 bits per heavy atom. The number of tetrazole rings is 1. The van der Waals surface area contributed by atoms with Crippen molar-refractivity contribution in [2.75, 3.05) is 12.3 Å². The summed E-state index contributed by atoms with van der Waals surface area (Å²) in [5.74, 6) is -0.567. The van der Waals surface area contributed by atoms with E-state index in [9.17, 15) is 4.79 Å². The number of anilines is 1. The van der Waals surface area contributed by atoms with Gasteiger partial charge in [-0.15, -0.1) is 10.2 Å². The number of benzene rings is 3. The second kappa shape index (κ2) is 11.8. The van der Waals surface area contributed by atoms with Gasteiger partial charge in [-0.1, -0.05) is 65.7 Å². The average Bonchev–Trinajstić information content (AvgIpc) is 3.49. The molecule has 0 radical (unpaired) electrons. The van der Waals surface area contributed by atoms with Crippen LogP contribution in [0.1, 0.15) is 22.7 Å². The van der Waals surface area contributed by atoms with E-state index in [1.54, 1.807) is 36.4 Å². The molecule has 2 heterocycles. The molecule has 11 heteroatoms. The van der Waals surface area contributed by atoms with E-state index >= 15 is 0 Å². The number of amides is 1. The number of carbonyl (C=O) groups excluding carboxylic acids is 1. The summed E-state index contributed by atoms with van der Waals surface area (Å²) >= 11 is 12.6. The first-order valence-corrected chi connectivity index (χ1v) is 12.7. The molecule has 0 spiro atoms. The highest BCUT2D eigenvalue weighted by atomic mass is 35.5. The monoisotopic (exact) mass is 556 g/mol. The van der Waals surface area contributed by atoms with Gasteiger partial charge in [-0.2, -0.15) is 9.78 Å². The predicted molar refractivity (Wildman–Crippen MR) is 151 cm³/mol. The van der Waals surface area contributed by atoms with Gasteiger partial charge in [0.05, 0.1) is 11.4 Å². The summed E-state index contributed by atoms with van der Waals surface area (Å²) in [5.41, 5.74) is 11.1. The van der Waals surface area contributed by atoms with E-state index < -0.39 is 0 Å². The fraction of sp³-hybridized carbons (Fsp3) is 0.0714. The molecule has 0 fully saturated rings. The molecule has 0 aliphatic carbocycles. The molecule has 2 aromatic heterocycles. The van der Waals surface area contributed by atoms with Crippen molar-refractivity contribution < 1.29 is 4.79 Å². The van der Waals surface area contributed by atoms with Crippen LogP contribution in [0.15, 0.2) is 91.3 Å². The van der Waals surface area contributed by atoms with Gasteiger partial charge < -0.3 is 11.1 Å². The first-order valence-electron chi connectivity index (χ1n) is 11.9. The van der Waals surface area contributed by atoms with Gasteiger partial charge in [0, 0.05) is 40.4 Å². The molecule has 1 atom stereocenters. The fourth-order valence-electron chi connectivity index (χ4n) is 4.07. The van der Waals surface area contributed by atoms with E-state index in [2.05, 4.69) is 31.0 Å². The molecule has 0 aliphatic heterocycles. The Labute approximate surface area is 234 Å². The summed E-state index contributed by atoms with van der Waals surface area (Å²) in [6.45, 7) is 0.278. The van der Waals surface area contributed by atoms with Crippen LogP contribution in [0.2, 0.25) is 10.2 Å². The summed E-state index contributed by atoms with van der Waals surface area (Å²) in [5, 5.41) is 23.6. The van der Waals surface area contributed by atoms with E-state index in [0.717, 1.165) is 16.7 Å². The molecular formula is C28H22Cl2N8O. The third-order valence-corrected chi connectivity index (χ3v) is 6.54. The number of nitrogens with zero attached hydrogens (tertiary/aromatic N) is 6. The maximum atomic E-state index is 12.9. The second-order valence-electron chi connectivity index (χ2n) is 8.59. The number of nitrogen functional groups attached to an aromatic ring is 1. The lowest BCUT2D eigenvalue weighted by Gasteiger charge is -2.18. The summed E-state index contributed by atoms with van der Waals surface area (Å²) in [7, 11) is 0. The largest absolute Gasteiger partial charge is 0.399 e. The first kappa shape index (κ1) is 26.0. The smallest absolute Gasteiger partial charge is 0.244 e. The maximum absolute atomic E-state index is 12.9. The number of nitrogens with one attached hydrogen (secondary N) is 1. The number of nitrogens with two attached hydrogens (primary N) is 1. The highest BCUT2D eigenvalue weighted by Crippen LogP contribution is 2.31. The quantitative estimate of drug-likeness (QED) is 0.204. The minimum absolute atomic E-state index is 0.274. The van der Waals surface area contributed by atoms with Crippen molar-refractivity contribution in [3.63, 3.8) is 0 Å². The number of carbonyl (C=O) groups is 1. The number of hydrogen-bond donors (Lipinski definition) is 2. The van der Waals surface area contributed by atoms with Crippen LogP contribution < -0.4 is 11.1 Å². The second-order valence-corrected chi connectivity index (χ2v) is 9.39. The molecule has 0 bridgehead atoms. The van der Waals surface area contributed by atoms with E-state index in [1.807, 2.05) is 48.5 Å². The van der Waals surface area contributed by atoms with Crippen molar-refractivity contribution in [1.29, 1.82) is 0 Å². The Morgan fingerprint density at radius 1 is 1.00 bits per heavy atom. The molecule has 0 aliphatic rings. The Balaban J connectivity index is 1.39. The standard InChI is InChI=1S/C28H22Cl2N8O/c29-21-9-12-26(38-17-33-36-37-38)20(14-21)8-13-27(39)32-16-24(18-4-2-1-3-5-18)25-15-23(28(30)35-34-25)19-6-10-22(31)11-7-19/h1-15,17,24H,16,31H2,(H,32,39)/b13-8+. The van der Waals surface area contributed by atoms with Gasteiger partial charge in [-0.25, -0.2) is 0 Å². The molecule has 5 aromatic rings. The van der Waals surface area contributed by atoms with Crippen LogP contribution in [0.3, 0.4) is 0 Å². The van der Waals surface area contributed by atoms with Crippen LogP contribution in [-0.4, -0.2) is 42.9 Å². The third kappa shape index (κ3) is 6.28. The minimum atomic E-state index is -0.292. The van der Waals surface area contributed by atoms with Crippen LogP contribution >= 0.6 is 23.2 Å². The summed E-state index contributed by atoms with van der Waals surface area (Å²) in [6, 6.07) is 24.3. The van der Waals surface area contributed by atoms with Crippen molar-refractivity contribution in [3.8, 4) is 16.8 Å². The van der Waals surface area contributed by atoms with Crippen molar-refractivity contribution in [3.05, 3.63) is 118 Å². The van der Waals surface area contributed by atoms with Gasteiger partial charge in [0.1, 0.15) is 6.33 Å². The zero-order valence-corrected chi connectivity index (χ0v) is 22.0. The van der Waals surface area contributed by atoms with E-state index in [4.69, 9.17) is 28.9 Å². The zero-order chi connectivity index (χ0) is 27.2. The topological polar surface area (TPSA) is 124 Å². The predicted octanol–water partition coefficient (Wildman–Crippen LogP) is 4.97. The fourth-order valence-corrected chi connectivity index (χ4v) is 4.45. The molecule has 39 heavy (non-hydrogen) atoms. The Hall–Kier alpha value is -4.60. The first-order chi connectivity index (χ1) is 19.0. The van der Waals surface area contributed by atoms with Gasteiger partial charge in [-0.3, -0.25) is 4.79 Å². The number of aromatic nitrogens is 6. The molecule has 194 valence electrons. The van der Waals surface area contributed by atoms with Gasteiger partial charge in [-0.05, 0) is 64.0 Å². The molecule has 1 amide bonds. The van der Waals surface area contributed by atoms with Gasteiger partial charge in [0.15, 0.2) is 5.15 Å². The number of hydrogen-bond acceptors (Lipinski definition) is 7. The SMILES string of the molecule is Nc1ccc(-c2cc(C(CNC(=O)/C=C/c3cc(Cl)ccc3-n3cnnn3)c3ccccc3)nnc2Cl)cc1. The lowest BCUT2D eigenvalue weighted by atomic mass is 9.93. The van der Waals surface area contributed by atoms with Gasteiger partial charge >= 0.3 is 0 Å². The van der Waals surface area contributed by atoms with E-state index in [-0.39, 0.29) is 23.5 Å². The van der Waals surface area contributed by atoms with Crippen LogP contribution in [0, 0.1) is 0 Å². The van der Waals surface area contributed by atoms with Crippen molar-refractivity contribution in [2.45, 2.75) is 5.92 Å². The van der Waals surface area contributed by atoms with Crippen molar-refractivity contribution >= 4 is 40.9 Å². The molecule has 9 nitrogen and oxygen atoms in total. The normalized spacial score (nSPS) is 11.9. The van der Waals surface area contributed by atoms with Gasteiger partial charge in [0.2, 0.25) is 5.91 Å². The van der Waals surface area contributed by atoms with Crippen LogP contribution in [0.25, 0.3) is 22.9 Å². The average molecular weight is 557 g/mol. The number of halogens is 2. The molecular weight excluding hydrogens is 535 g/mol. The number of rotatable bonds is 8. The summed E-state index contributed by atoms with van der Waals surface area (Å²) < 4.78 is 1.50. The minimum Gasteiger partial charge on any atom is -0.399 e. The Bertz CT molecular complexity index is 1610. The third-order valence-electron chi connectivity index (χ3n) is 6.03. The molecule has 0 saturated carbocycles.